The van der Waals surface area contributed by atoms with Crippen molar-refractivity contribution in [2.75, 3.05) is 19.0 Å². The van der Waals surface area contributed by atoms with Crippen LogP contribution >= 0.6 is 11.3 Å². The monoisotopic (exact) mass is 710 g/mol. The molecule has 0 spiro atoms. The number of halogens is 1. The molecule has 2 atom stereocenters. The van der Waals surface area contributed by atoms with Gasteiger partial charge < -0.3 is 14.5 Å². The van der Waals surface area contributed by atoms with Crippen LogP contribution in [0.5, 0.6) is 5.75 Å². The molecule has 6 heterocycles. The molecule has 254 valence electrons. The summed E-state index contributed by atoms with van der Waals surface area (Å²) in [6.45, 7) is 0.401. The lowest BCUT2D eigenvalue weighted by Gasteiger charge is -2.16. The van der Waals surface area contributed by atoms with Crippen LogP contribution in [0, 0.1) is 5.82 Å². The summed E-state index contributed by atoms with van der Waals surface area (Å²) in [5.41, 5.74) is 5.04. The molecule has 3 aliphatic rings. The Labute approximate surface area is 290 Å². The van der Waals surface area contributed by atoms with Crippen molar-refractivity contribution in [2.45, 2.75) is 55.5 Å². The minimum atomic E-state index is -3.95. The molecule has 0 bridgehead atoms. The molecule has 4 aromatic heterocycles. The molecule has 2 N–H and O–H groups in total. The van der Waals surface area contributed by atoms with Gasteiger partial charge in [-0.2, -0.15) is 4.31 Å². The van der Waals surface area contributed by atoms with Crippen molar-refractivity contribution in [3.8, 4) is 27.6 Å². The van der Waals surface area contributed by atoms with Crippen molar-refractivity contribution in [2.24, 2.45) is 0 Å². The second kappa shape index (κ2) is 11.9. The maximum atomic E-state index is 14.4. The van der Waals surface area contributed by atoms with Gasteiger partial charge in [0.1, 0.15) is 22.3 Å². The first-order valence-corrected chi connectivity index (χ1v) is 18.8. The first-order valence-electron chi connectivity index (χ1n) is 16.5. The third kappa shape index (κ3) is 4.95. The third-order valence-electron chi connectivity index (χ3n) is 9.99. The number of sulfonamides is 1. The van der Waals surface area contributed by atoms with E-state index in [9.17, 15) is 17.6 Å². The first-order chi connectivity index (χ1) is 24.3. The molecule has 14 heteroatoms. The molecule has 1 fully saturated rings. The van der Waals surface area contributed by atoms with E-state index in [1.165, 1.54) is 38.9 Å². The number of anilines is 1. The largest absolute Gasteiger partial charge is 0.496 e. The summed E-state index contributed by atoms with van der Waals surface area (Å²) < 4.78 is 56.0. The van der Waals surface area contributed by atoms with Gasteiger partial charge in [-0.3, -0.25) is 4.98 Å². The molecule has 2 aromatic carbocycles. The van der Waals surface area contributed by atoms with Crippen molar-refractivity contribution in [1.29, 1.82) is 0 Å². The van der Waals surface area contributed by atoms with Gasteiger partial charge in [0.25, 0.3) is 5.89 Å². The summed E-state index contributed by atoms with van der Waals surface area (Å²) in [6, 6.07) is 15.8. The van der Waals surface area contributed by atoms with Crippen LogP contribution in [0.1, 0.15) is 59.4 Å². The summed E-state index contributed by atoms with van der Waals surface area (Å²) in [5, 5.41) is 11.1. The van der Waals surface area contributed by atoms with Gasteiger partial charge in [0.05, 0.1) is 40.8 Å². The zero-order valence-electron chi connectivity index (χ0n) is 26.9. The third-order valence-corrected chi connectivity index (χ3v) is 13.2. The zero-order valence-corrected chi connectivity index (χ0v) is 28.5. The van der Waals surface area contributed by atoms with Crippen LogP contribution in [-0.2, 0) is 29.3 Å². The van der Waals surface area contributed by atoms with E-state index in [1.54, 1.807) is 25.4 Å². The lowest BCUT2D eigenvalue weighted by Crippen LogP contribution is -2.23. The Hall–Kier alpha value is -4.92. The number of hydrogen-bond acceptors (Lipinski definition) is 10. The Morgan fingerprint density at radius 2 is 1.98 bits per heavy atom. The first kappa shape index (κ1) is 31.1. The normalized spacial score (nSPS) is 19.1. The highest BCUT2D eigenvalue weighted by atomic mass is 32.2. The van der Waals surface area contributed by atoms with Crippen LogP contribution in [0.4, 0.5) is 10.2 Å². The van der Waals surface area contributed by atoms with E-state index in [0.717, 1.165) is 40.7 Å². The molecule has 0 saturated carbocycles. The second-order valence-corrected chi connectivity index (χ2v) is 15.7. The van der Waals surface area contributed by atoms with Gasteiger partial charge in [0.15, 0.2) is 0 Å². The number of hydrogen-bond donors (Lipinski definition) is 2. The van der Waals surface area contributed by atoms with Crippen LogP contribution in [0.15, 0.2) is 74.9 Å². The van der Waals surface area contributed by atoms with Crippen LogP contribution in [0.25, 0.3) is 32.0 Å². The van der Waals surface area contributed by atoms with Gasteiger partial charge in [-0.1, -0.05) is 24.3 Å². The van der Waals surface area contributed by atoms with Crippen LogP contribution < -0.4 is 15.8 Å². The molecule has 6 aromatic rings. The van der Waals surface area contributed by atoms with E-state index in [-0.39, 0.29) is 28.7 Å². The highest BCUT2D eigenvalue weighted by molar-refractivity contribution is 7.89. The smallest absolute Gasteiger partial charge is 0.434 e. The van der Waals surface area contributed by atoms with Crippen molar-refractivity contribution in [3.05, 3.63) is 105 Å². The van der Waals surface area contributed by atoms with Gasteiger partial charge in [-0.25, -0.2) is 27.7 Å². The van der Waals surface area contributed by atoms with Crippen molar-refractivity contribution in [3.63, 3.8) is 0 Å². The van der Waals surface area contributed by atoms with Crippen molar-refractivity contribution < 1.29 is 22.0 Å². The highest BCUT2D eigenvalue weighted by Gasteiger charge is 2.49. The summed E-state index contributed by atoms with van der Waals surface area (Å²) in [5.74, 6) is 0.430. The number of fused-ring (bicyclic) bond motifs is 5. The molecule has 11 nitrogen and oxygen atoms in total. The fourth-order valence-electron chi connectivity index (χ4n) is 7.76. The van der Waals surface area contributed by atoms with E-state index in [0.29, 0.717) is 59.0 Å². The van der Waals surface area contributed by atoms with Gasteiger partial charge in [-0.15, -0.1) is 16.4 Å². The molecular formula is C36H31FN6O5S2. The topological polar surface area (TPSA) is 143 Å². The van der Waals surface area contributed by atoms with Crippen LogP contribution in [0.2, 0.25) is 0 Å². The number of thiophene rings is 1. The van der Waals surface area contributed by atoms with Gasteiger partial charge in [-0.05, 0) is 90.9 Å². The molecule has 0 radical (unpaired) electrons. The number of ether oxygens (including phenoxy) is 1. The molecule has 0 amide bonds. The average Bonchev–Trinajstić information content (AvgIpc) is 3.95. The fraction of sp³-hybridized carbons (Fsp3) is 0.278. The number of aromatic amines is 1. The molecular weight excluding hydrogens is 680 g/mol. The average molecular weight is 711 g/mol. The maximum Gasteiger partial charge on any atom is 0.434 e. The van der Waals surface area contributed by atoms with E-state index in [2.05, 4.69) is 21.6 Å². The number of pyridine rings is 2. The molecule has 50 heavy (non-hydrogen) atoms. The summed E-state index contributed by atoms with van der Waals surface area (Å²) in [7, 11) is -2.26. The molecule has 9 rings (SSSR count). The van der Waals surface area contributed by atoms with Crippen LogP contribution in [0.3, 0.4) is 0 Å². The molecule has 1 saturated heterocycles. The fourth-order valence-corrected chi connectivity index (χ4v) is 11.0. The SMILES string of the molecule is COc1cccc2c1CC[C@H]2Nc1nccc2cc(-c3c(-c4n[nH]c(=O)o4)c(CCc4ccc(F)cc4)nc4c3S(=O)(=O)N3CCCC43)sc12. The predicted molar refractivity (Wildman–Crippen MR) is 186 cm³/mol. The number of nitrogens with one attached hydrogen (secondary N) is 2. The van der Waals surface area contributed by atoms with Gasteiger partial charge >= 0.3 is 5.76 Å². The summed E-state index contributed by atoms with van der Waals surface area (Å²) >= 11 is 1.42. The Bertz CT molecular complexity index is 2480. The standard InChI is InChI=1S/C36H31FN6O5S2/c1-47-27-6-2-4-22-23(27)12-14-24(22)40-34-32-20(15-16-38-34)18-28(49-32)30-29(35-41-42-36(44)48-35)25(13-9-19-7-10-21(37)11-8-19)39-31-26-5-3-17-43(26)50(45,46)33(30)31/h2,4,6-8,10-11,15-16,18,24,26H,3,5,9,12-14,17H2,1H3,(H,38,40)(H,42,44)/t24-,26?/m1/s1. The Balaban J connectivity index is 1.23. The van der Waals surface area contributed by atoms with Crippen molar-refractivity contribution >= 4 is 37.3 Å². The lowest BCUT2D eigenvalue weighted by atomic mass is 9.96. The Kier molecular flexibility index (Phi) is 7.37. The number of benzene rings is 2. The Morgan fingerprint density at radius 3 is 2.78 bits per heavy atom. The predicted octanol–water partition coefficient (Wildman–Crippen LogP) is 6.57. The van der Waals surface area contributed by atoms with Crippen molar-refractivity contribution in [1.82, 2.24) is 24.5 Å². The summed E-state index contributed by atoms with van der Waals surface area (Å²) in [6.07, 6.45) is 5.75. The lowest BCUT2D eigenvalue weighted by molar-refractivity contribution is 0.410. The number of H-pyrrole nitrogens is 1. The summed E-state index contributed by atoms with van der Waals surface area (Å²) in [4.78, 5) is 22.9. The van der Waals surface area contributed by atoms with E-state index in [4.69, 9.17) is 19.1 Å². The molecule has 1 unspecified atom stereocenters. The number of aromatic nitrogens is 4. The minimum Gasteiger partial charge on any atom is -0.496 e. The highest BCUT2D eigenvalue weighted by Crippen LogP contribution is 2.53. The molecule has 2 aliphatic heterocycles. The van der Waals surface area contributed by atoms with E-state index in [1.807, 2.05) is 24.3 Å². The quantitative estimate of drug-likeness (QED) is 0.179. The van der Waals surface area contributed by atoms with Gasteiger partial charge in [0.2, 0.25) is 10.0 Å². The number of aryl methyl sites for hydroxylation is 2. The minimum absolute atomic E-state index is 0.0217. The number of rotatable bonds is 8. The van der Waals surface area contributed by atoms with Crippen LogP contribution in [-0.4, -0.2) is 46.5 Å². The molecule has 1 aliphatic carbocycles. The zero-order chi connectivity index (χ0) is 34.1. The number of nitrogens with zero attached hydrogens (tertiary/aromatic N) is 4. The number of methoxy groups -OCH3 is 1. The maximum absolute atomic E-state index is 14.4. The van der Waals surface area contributed by atoms with E-state index < -0.39 is 15.8 Å². The Morgan fingerprint density at radius 1 is 1.12 bits per heavy atom. The van der Waals surface area contributed by atoms with Gasteiger partial charge in [0, 0.05) is 23.2 Å². The van der Waals surface area contributed by atoms with E-state index >= 15 is 0 Å². The second-order valence-electron chi connectivity index (χ2n) is 12.8.